The van der Waals surface area contributed by atoms with Crippen LogP contribution < -0.4 is 5.73 Å². The van der Waals surface area contributed by atoms with Gasteiger partial charge in [-0.15, -0.1) is 0 Å². The first-order chi connectivity index (χ1) is 11.4. The monoisotopic (exact) mass is 330 g/mol. The number of hydrogen-bond donors (Lipinski definition) is 1. The van der Waals surface area contributed by atoms with Crippen LogP contribution in [0.2, 0.25) is 0 Å². The van der Waals surface area contributed by atoms with E-state index in [0.717, 1.165) is 6.42 Å². The van der Waals surface area contributed by atoms with Gasteiger partial charge in [-0.2, -0.15) is 0 Å². The quantitative estimate of drug-likeness (QED) is 0.937. The van der Waals surface area contributed by atoms with Gasteiger partial charge in [0.05, 0.1) is 5.56 Å². The molecule has 0 aromatic heterocycles. The van der Waals surface area contributed by atoms with Crippen molar-refractivity contribution in [1.82, 2.24) is 4.90 Å². The van der Waals surface area contributed by atoms with Gasteiger partial charge in [0, 0.05) is 13.1 Å². The molecule has 1 aliphatic heterocycles. The lowest BCUT2D eigenvalue weighted by atomic mass is 9.90. The first-order valence-corrected chi connectivity index (χ1v) is 7.97. The van der Waals surface area contributed by atoms with Crippen molar-refractivity contribution in [2.24, 2.45) is 11.1 Å². The van der Waals surface area contributed by atoms with Gasteiger partial charge >= 0.3 is 0 Å². The SMILES string of the molecule is CC1(CN)CCN(C(=O)c2ccc(-c3ccc(F)cc3)cc2F)C1. The van der Waals surface area contributed by atoms with Crippen LogP contribution in [-0.2, 0) is 0 Å². The second-order valence-corrected chi connectivity index (χ2v) is 6.69. The van der Waals surface area contributed by atoms with E-state index in [1.807, 2.05) is 6.92 Å². The van der Waals surface area contributed by atoms with Crippen molar-refractivity contribution in [3.8, 4) is 11.1 Å². The van der Waals surface area contributed by atoms with Gasteiger partial charge in [-0.1, -0.05) is 25.1 Å². The minimum Gasteiger partial charge on any atom is -0.338 e. The fourth-order valence-corrected chi connectivity index (χ4v) is 3.04. The molecule has 3 rings (SSSR count). The van der Waals surface area contributed by atoms with E-state index in [1.54, 1.807) is 23.1 Å². The van der Waals surface area contributed by atoms with E-state index in [9.17, 15) is 13.6 Å². The van der Waals surface area contributed by atoms with Crippen molar-refractivity contribution >= 4 is 5.91 Å². The minimum atomic E-state index is -0.567. The summed E-state index contributed by atoms with van der Waals surface area (Å²) < 4.78 is 27.4. The molecular weight excluding hydrogens is 310 g/mol. The number of benzene rings is 2. The van der Waals surface area contributed by atoms with Crippen molar-refractivity contribution in [3.05, 3.63) is 59.7 Å². The Bertz CT molecular complexity index is 760. The highest BCUT2D eigenvalue weighted by atomic mass is 19.1. The van der Waals surface area contributed by atoms with Crippen LogP contribution in [0.5, 0.6) is 0 Å². The number of likely N-dealkylation sites (tertiary alicyclic amines) is 1. The molecule has 2 aromatic carbocycles. The molecule has 126 valence electrons. The number of carbonyl (C=O) groups excluding carboxylic acids is 1. The maximum absolute atomic E-state index is 14.4. The van der Waals surface area contributed by atoms with Crippen LogP contribution in [-0.4, -0.2) is 30.4 Å². The van der Waals surface area contributed by atoms with E-state index in [0.29, 0.717) is 30.8 Å². The smallest absolute Gasteiger partial charge is 0.256 e. The molecule has 24 heavy (non-hydrogen) atoms. The summed E-state index contributed by atoms with van der Waals surface area (Å²) >= 11 is 0. The number of rotatable bonds is 3. The Balaban J connectivity index is 1.82. The molecule has 2 N–H and O–H groups in total. The molecule has 0 radical (unpaired) electrons. The van der Waals surface area contributed by atoms with Crippen LogP contribution in [0, 0.1) is 17.0 Å². The van der Waals surface area contributed by atoms with Gasteiger partial charge in [0.25, 0.3) is 5.91 Å². The Morgan fingerprint density at radius 2 is 1.83 bits per heavy atom. The molecule has 5 heteroatoms. The average molecular weight is 330 g/mol. The predicted molar refractivity (Wildman–Crippen MR) is 89.5 cm³/mol. The van der Waals surface area contributed by atoms with E-state index in [-0.39, 0.29) is 22.7 Å². The molecular formula is C19H20F2N2O. The van der Waals surface area contributed by atoms with Gasteiger partial charge in [-0.3, -0.25) is 4.79 Å². The van der Waals surface area contributed by atoms with Crippen LogP contribution in [0.25, 0.3) is 11.1 Å². The van der Waals surface area contributed by atoms with E-state index in [1.165, 1.54) is 24.3 Å². The Kier molecular flexibility index (Phi) is 4.37. The fraction of sp³-hybridized carbons (Fsp3) is 0.316. The summed E-state index contributed by atoms with van der Waals surface area (Å²) in [6, 6.07) is 10.3. The summed E-state index contributed by atoms with van der Waals surface area (Å²) in [6.45, 7) is 3.67. The van der Waals surface area contributed by atoms with Gasteiger partial charge in [-0.05, 0) is 53.8 Å². The lowest BCUT2D eigenvalue weighted by Crippen LogP contribution is -2.34. The van der Waals surface area contributed by atoms with Crippen molar-refractivity contribution in [2.45, 2.75) is 13.3 Å². The van der Waals surface area contributed by atoms with E-state index < -0.39 is 5.82 Å². The third kappa shape index (κ3) is 3.17. The zero-order chi connectivity index (χ0) is 17.3. The normalized spacial score (nSPS) is 20.4. The van der Waals surface area contributed by atoms with Gasteiger partial charge in [0.1, 0.15) is 11.6 Å². The molecule has 1 aliphatic rings. The maximum Gasteiger partial charge on any atom is 0.256 e. The second-order valence-electron chi connectivity index (χ2n) is 6.69. The Morgan fingerprint density at radius 3 is 2.42 bits per heavy atom. The van der Waals surface area contributed by atoms with Crippen LogP contribution >= 0.6 is 0 Å². The number of nitrogens with zero attached hydrogens (tertiary/aromatic N) is 1. The molecule has 1 fully saturated rings. The largest absolute Gasteiger partial charge is 0.338 e. The van der Waals surface area contributed by atoms with E-state index >= 15 is 0 Å². The first kappa shape index (κ1) is 16.6. The third-order valence-corrected chi connectivity index (χ3v) is 4.71. The standard InChI is InChI=1S/C19H20F2N2O/c1-19(11-22)8-9-23(12-19)18(24)16-7-4-14(10-17(16)21)13-2-5-15(20)6-3-13/h2-7,10H,8-9,11-12,22H2,1H3. The average Bonchev–Trinajstić information content (AvgIpc) is 2.98. The van der Waals surface area contributed by atoms with Gasteiger partial charge in [0.15, 0.2) is 0 Å². The van der Waals surface area contributed by atoms with E-state index in [4.69, 9.17) is 5.73 Å². The van der Waals surface area contributed by atoms with E-state index in [2.05, 4.69) is 0 Å². The molecule has 0 spiro atoms. The molecule has 0 saturated carbocycles. The molecule has 0 aliphatic carbocycles. The Morgan fingerprint density at radius 1 is 1.17 bits per heavy atom. The van der Waals surface area contributed by atoms with Crippen LogP contribution in [0.4, 0.5) is 8.78 Å². The van der Waals surface area contributed by atoms with Crippen LogP contribution in [0.15, 0.2) is 42.5 Å². The molecule has 3 nitrogen and oxygen atoms in total. The van der Waals surface area contributed by atoms with Crippen molar-refractivity contribution in [3.63, 3.8) is 0 Å². The predicted octanol–water partition coefficient (Wildman–Crippen LogP) is 3.44. The molecule has 1 heterocycles. The summed E-state index contributed by atoms with van der Waals surface area (Å²) in [7, 11) is 0. The highest BCUT2D eigenvalue weighted by molar-refractivity contribution is 5.95. The highest BCUT2D eigenvalue weighted by Crippen LogP contribution is 2.30. The molecule has 1 saturated heterocycles. The summed E-state index contributed by atoms with van der Waals surface area (Å²) in [6.07, 6.45) is 0.824. The lowest BCUT2D eigenvalue weighted by Gasteiger charge is -2.22. The topological polar surface area (TPSA) is 46.3 Å². The van der Waals surface area contributed by atoms with Gasteiger partial charge in [-0.25, -0.2) is 8.78 Å². The Labute approximate surface area is 140 Å². The van der Waals surface area contributed by atoms with Crippen molar-refractivity contribution in [2.75, 3.05) is 19.6 Å². The minimum absolute atomic E-state index is 0.0575. The lowest BCUT2D eigenvalue weighted by molar-refractivity contribution is 0.0772. The summed E-state index contributed by atoms with van der Waals surface area (Å²) in [5.74, 6) is -1.22. The first-order valence-electron chi connectivity index (χ1n) is 7.97. The maximum atomic E-state index is 14.4. The summed E-state index contributed by atoms with van der Waals surface area (Å²) in [5, 5.41) is 0. The number of amides is 1. The van der Waals surface area contributed by atoms with Gasteiger partial charge in [0.2, 0.25) is 0 Å². The highest BCUT2D eigenvalue weighted by Gasteiger charge is 2.35. The third-order valence-electron chi connectivity index (χ3n) is 4.71. The van der Waals surface area contributed by atoms with Crippen molar-refractivity contribution < 1.29 is 13.6 Å². The molecule has 2 aromatic rings. The number of hydrogen-bond acceptors (Lipinski definition) is 2. The molecule has 0 bridgehead atoms. The van der Waals surface area contributed by atoms with Crippen LogP contribution in [0.1, 0.15) is 23.7 Å². The number of nitrogens with two attached hydrogens (primary N) is 1. The zero-order valence-corrected chi connectivity index (χ0v) is 13.6. The zero-order valence-electron chi connectivity index (χ0n) is 13.6. The summed E-state index contributed by atoms with van der Waals surface area (Å²) in [4.78, 5) is 14.2. The fourth-order valence-electron chi connectivity index (χ4n) is 3.04. The number of carbonyl (C=O) groups is 1. The second kappa shape index (κ2) is 6.32. The molecule has 1 amide bonds. The number of halogens is 2. The van der Waals surface area contributed by atoms with Crippen LogP contribution in [0.3, 0.4) is 0 Å². The molecule has 1 atom stereocenters. The molecule has 1 unspecified atom stereocenters. The van der Waals surface area contributed by atoms with Gasteiger partial charge < -0.3 is 10.6 Å². The van der Waals surface area contributed by atoms with Crippen molar-refractivity contribution in [1.29, 1.82) is 0 Å². The Hall–Kier alpha value is -2.27. The summed E-state index contributed by atoms with van der Waals surface area (Å²) in [5.41, 5.74) is 7.02.